The number of nitrogens with zero attached hydrogens (tertiary/aromatic N) is 4. The van der Waals surface area contributed by atoms with Crippen LogP contribution in [-0.2, 0) is 0 Å². The quantitative estimate of drug-likeness (QED) is 0.183. The lowest BCUT2D eigenvalue weighted by Gasteiger charge is -2.16. The van der Waals surface area contributed by atoms with E-state index in [0.29, 0.717) is 34.3 Å². The Morgan fingerprint density at radius 3 is 1.41 bits per heavy atom. The molecule has 0 aliphatic carbocycles. The molecule has 4 nitrogen and oxygen atoms in total. The van der Waals surface area contributed by atoms with Gasteiger partial charge in [-0.05, 0) is 52.5 Å². The molecule has 9 rings (SSSR count). The predicted molar refractivity (Wildman–Crippen MR) is 201 cm³/mol. The minimum atomic E-state index is -0.492. The summed E-state index contributed by atoms with van der Waals surface area (Å²) < 4.78 is 71.9. The molecule has 230 valence electrons. The number of para-hydroxylation sites is 2. The molecule has 0 bridgehead atoms. The zero-order valence-corrected chi connectivity index (χ0v) is 26.0. The standard InChI is InChI=1S/C45H30N4/c1-4-16-31(17-5-1)34-28-35(30-36(29-34)49-41-26-14-12-23-38(41)39-24-13-15-27-42(39)49)37-22-10-11-25-40(37)45-47-43(32-18-6-2-7-19-32)46-44(48-45)33-20-8-3-9-21-33/h1-30H/i12D,13D,14D,15D,23D,24D,26D,27D. The molecule has 0 saturated heterocycles. The Labute approximate surface area is 295 Å². The van der Waals surface area contributed by atoms with Crippen LogP contribution in [0.25, 0.3) is 83.9 Å². The number of benzene rings is 7. The van der Waals surface area contributed by atoms with Crippen molar-refractivity contribution in [3.8, 4) is 62.1 Å². The number of hydrogen-bond acceptors (Lipinski definition) is 3. The van der Waals surface area contributed by atoms with Crippen molar-refractivity contribution in [1.82, 2.24) is 19.5 Å². The maximum atomic E-state index is 9.11. The van der Waals surface area contributed by atoms with Crippen molar-refractivity contribution in [1.29, 1.82) is 0 Å². The van der Waals surface area contributed by atoms with Crippen molar-refractivity contribution >= 4 is 21.8 Å². The molecule has 2 heterocycles. The maximum absolute atomic E-state index is 9.11. The van der Waals surface area contributed by atoms with Crippen molar-refractivity contribution in [2.75, 3.05) is 0 Å². The Bertz CT molecular complexity index is 2910. The molecular weight excluding hydrogens is 597 g/mol. The summed E-state index contributed by atoms with van der Waals surface area (Å²) >= 11 is 0. The van der Waals surface area contributed by atoms with Crippen molar-refractivity contribution in [3.63, 3.8) is 0 Å². The van der Waals surface area contributed by atoms with Crippen molar-refractivity contribution in [2.24, 2.45) is 0 Å². The summed E-state index contributed by atoms with van der Waals surface area (Å²) in [5.74, 6) is 1.44. The molecule has 0 amide bonds. The molecule has 7 aromatic carbocycles. The minimum absolute atomic E-state index is 0.0159. The number of fused-ring (bicyclic) bond motifs is 3. The molecule has 0 unspecified atom stereocenters. The third kappa shape index (κ3) is 5.26. The average Bonchev–Trinajstić information content (AvgIpc) is 3.63. The van der Waals surface area contributed by atoms with Gasteiger partial charge >= 0.3 is 0 Å². The summed E-state index contributed by atoms with van der Waals surface area (Å²) in [6.45, 7) is 0. The zero-order valence-electron chi connectivity index (χ0n) is 34.0. The van der Waals surface area contributed by atoms with E-state index in [4.69, 9.17) is 25.9 Å². The fraction of sp³-hybridized carbons (Fsp3) is 0. The van der Waals surface area contributed by atoms with Crippen molar-refractivity contribution in [2.45, 2.75) is 0 Å². The van der Waals surface area contributed by atoms with Crippen LogP contribution in [0.5, 0.6) is 0 Å². The highest BCUT2D eigenvalue weighted by molar-refractivity contribution is 6.09. The Morgan fingerprint density at radius 2 is 0.837 bits per heavy atom. The number of aromatic nitrogens is 4. The molecule has 0 atom stereocenters. The van der Waals surface area contributed by atoms with Crippen LogP contribution in [-0.4, -0.2) is 19.5 Å². The highest BCUT2D eigenvalue weighted by Gasteiger charge is 2.18. The first kappa shape index (κ1) is 21.3. The van der Waals surface area contributed by atoms with Gasteiger partial charge in [-0.15, -0.1) is 0 Å². The van der Waals surface area contributed by atoms with Crippen LogP contribution in [0, 0.1) is 0 Å². The van der Waals surface area contributed by atoms with Gasteiger partial charge in [0.2, 0.25) is 0 Å². The minimum Gasteiger partial charge on any atom is -0.309 e. The maximum Gasteiger partial charge on any atom is 0.164 e. The smallest absolute Gasteiger partial charge is 0.164 e. The lowest BCUT2D eigenvalue weighted by molar-refractivity contribution is 1.07. The van der Waals surface area contributed by atoms with Crippen LogP contribution in [0.1, 0.15) is 11.0 Å². The zero-order chi connectivity index (χ0) is 39.5. The van der Waals surface area contributed by atoms with Crippen LogP contribution in [0.3, 0.4) is 0 Å². The normalized spacial score (nSPS) is 13.6. The summed E-state index contributed by atoms with van der Waals surface area (Å²) in [6.07, 6.45) is 0. The van der Waals surface area contributed by atoms with Crippen LogP contribution < -0.4 is 0 Å². The lowest BCUT2D eigenvalue weighted by Crippen LogP contribution is -2.01. The second kappa shape index (κ2) is 12.2. The van der Waals surface area contributed by atoms with Crippen LogP contribution >= 0.6 is 0 Å². The molecular formula is C45H30N4. The Kier molecular flexibility index (Phi) is 5.29. The summed E-state index contributed by atoms with van der Waals surface area (Å²) in [5, 5.41) is 0.0317. The summed E-state index contributed by atoms with van der Waals surface area (Å²) in [6, 6.07) is 39.1. The van der Waals surface area contributed by atoms with Gasteiger partial charge in [-0.2, -0.15) is 0 Å². The SMILES string of the molecule is [2H]c1c([2H])c([2H])c2c(c1[2H])c1c([2H])c([2H])c([2H])c([2H])c1n2-c1cc(-c2ccccc2)cc(-c2ccccc2-c2nc(-c3ccccc3)nc(-c3ccccc3)n2)c1. The van der Waals surface area contributed by atoms with Crippen LogP contribution in [0.15, 0.2) is 182 Å². The topological polar surface area (TPSA) is 43.6 Å². The fourth-order valence-electron chi connectivity index (χ4n) is 6.23. The van der Waals surface area contributed by atoms with Gasteiger partial charge in [0.05, 0.1) is 22.0 Å². The molecule has 0 spiro atoms. The van der Waals surface area contributed by atoms with Gasteiger partial charge in [-0.25, -0.2) is 15.0 Å². The first-order valence-corrected chi connectivity index (χ1v) is 15.8. The highest BCUT2D eigenvalue weighted by Crippen LogP contribution is 2.38. The average molecular weight is 635 g/mol. The van der Waals surface area contributed by atoms with E-state index >= 15 is 0 Å². The molecule has 2 aromatic heterocycles. The van der Waals surface area contributed by atoms with E-state index in [1.54, 1.807) is 4.57 Å². The molecule has 49 heavy (non-hydrogen) atoms. The van der Waals surface area contributed by atoms with E-state index in [1.807, 2.05) is 133 Å². The molecule has 0 aliphatic heterocycles. The number of hydrogen-bond donors (Lipinski definition) is 0. The lowest BCUT2D eigenvalue weighted by atomic mass is 9.94. The van der Waals surface area contributed by atoms with Gasteiger partial charge in [0.1, 0.15) is 0 Å². The first-order valence-electron chi connectivity index (χ1n) is 19.8. The third-order valence-corrected chi connectivity index (χ3v) is 8.49. The summed E-state index contributed by atoms with van der Waals surface area (Å²) in [4.78, 5) is 14.9. The highest BCUT2D eigenvalue weighted by atomic mass is 15.0. The molecule has 0 saturated carbocycles. The van der Waals surface area contributed by atoms with E-state index in [0.717, 1.165) is 27.8 Å². The Morgan fingerprint density at radius 1 is 0.388 bits per heavy atom. The van der Waals surface area contributed by atoms with Crippen molar-refractivity contribution < 1.29 is 11.0 Å². The van der Waals surface area contributed by atoms with Crippen LogP contribution in [0.4, 0.5) is 0 Å². The molecule has 0 aliphatic rings. The predicted octanol–water partition coefficient (Wildman–Crippen LogP) is 11.3. The Balaban J connectivity index is 1.37. The largest absolute Gasteiger partial charge is 0.309 e. The first-order chi connectivity index (χ1) is 27.6. The monoisotopic (exact) mass is 634 g/mol. The Hall–Kier alpha value is -6.65. The van der Waals surface area contributed by atoms with Gasteiger partial charge in [0.15, 0.2) is 17.5 Å². The van der Waals surface area contributed by atoms with Gasteiger partial charge in [-0.1, -0.05) is 152 Å². The molecule has 0 N–H and O–H groups in total. The van der Waals surface area contributed by atoms with E-state index in [1.165, 1.54) is 0 Å². The molecule has 0 fully saturated rings. The van der Waals surface area contributed by atoms with Crippen LogP contribution in [0.2, 0.25) is 0 Å². The van der Waals surface area contributed by atoms with Gasteiger partial charge in [0.25, 0.3) is 0 Å². The fourth-order valence-corrected chi connectivity index (χ4v) is 6.23. The molecule has 9 aromatic rings. The van der Waals surface area contributed by atoms with E-state index in [9.17, 15) is 0 Å². The van der Waals surface area contributed by atoms with Gasteiger partial charge in [0, 0.05) is 33.2 Å². The summed E-state index contributed by atoms with van der Waals surface area (Å²) in [7, 11) is 0. The van der Waals surface area contributed by atoms with Gasteiger partial charge in [-0.3, -0.25) is 0 Å². The second-order valence-corrected chi connectivity index (χ2v) is 11.5. The second-order valence-electron chi connectivity index (χ2n) is 11.5. The van der Waals surface area contributed by atoms with E-state index < -0.39 is 24.2 Å². The summed E-state index contributed by atoms with van der Waals surface area (Å²) in [5.41, 5.74) is 5.97. The number of rotatable bonds is 6. The van der Waals surface area contributed by atoms with E-state index in [-0.39, 0.29) is 46.0 Å². The third-order valence-electron chi connectivity index (χ3n) is 8.49. The van der Waals surface area contributed by atoms with Gasteiger partial charge < -0.3 is 4.57 Å². The molecule has 4 heteroatoms. The van der Waals surface area contributed by atoms with E-state index in [2.05, 4.69) is 0 Å². The molecule has 0 radical (unpaired) electrons. The van der Waals surface area contributed by atoms with Crippen molar-refractivity contribution in [3.05, 3.63) is 182 Å².